The summed E-state index contributed by atoms with van der Waals surface area (Å²) in [6, 6.07) is 0. The first-order valence-electron chi connectivity index (χ1n) is 7.06. The maximum absolute atomic E-state index is 11.1. The van der Waals surface area contributed by atoms with Crippen molar-refractivity contribution in [2.24, 2.45) is 11.8 Å². The molecule has 0 unspecified atom stereocenters. The summed E-state index contributed by atoms with van der Waals surface area (Å²) in [6.07, 6.45) is 6.67. The average molecular weight is 268 g/mol. The van der Waals surface area contributed by atoms with Crippen molar-refractivity contribution in [2.75, 3.05) is 6.61 Å². The van der Waals surface area contributed by atoms with Crippen LogP contribution in [0.15, 0.2) is 12.2 Å². The Hall–Kier alpha value is -1.32. The van der Waals surface area contributed by atoms with E-state index in [4.69, 9.17) is 9.84 Å². The molecule has 4 nitrogen and oxygen atoms in total. The minimum absolute atomic E-state index is 0.132. The van der Waals surface area contributed by atoms with Gasteiger partial charge < -0.3 is 9.84 Å². The van der Waals surface area contributed by atoms with Gasteiger partial charge in [0.15, 0.2) is 0 Å². The van der Waals surface area contributed by atoms with E-state index in [0.29, 0.717) is 18.1 Å². The SMILES string of the molecule is C=C(C)C(=O)OCCCCC1CCC(C(=O)O)CC1. The Balaban J connectivity index is 2.04. The lowest BCUT2D eigenvalue weighted by molar-refractivity contribution is -0.143. The molecule has 1 aliphatic rings. The Labute approximate surface area is 114 Å². The van der Waals surface area contributed by atoms with E-state index in [-0.39, 0.29) is 11.9 Å². The molecule has 1 rings (SSSR count). The Morgan fingerprint density at radius 3 is 2.37 bits per heavy atom. The summed E-state index contributed by atoms with van der Waals surface area (Å²) < 4.78 is 5.03. The summed E-state index contributed by atoms with van der Waals surface area (Å²) in [5, 5.41) is 8.91. The number of hydrogen-bond donors (Lipinski definition) is 1. The molecule has 0 aliphatic heterocycles. The fraction of sp³-hybridized carbons (Fsp3) is 0.733. The van der Waals surface area contributed by atoms with Crippen molar-refractivity contribution >= 4 is 11.9 Å². The molecule has 1 fully saturated rings. The first kappa shape index (κ1) is 15.7. The summed E-state index contributed by atoms with van der Waals surface area (Å²) >= 11 is 0. The molecule has 108 valence electrons. The highest BCUT2D eigenvalue weighted by Crippen LogP contribution is 2.31. The first-order chi connectivity index (χ1) is 9.00. The predicted molar refractivity (Wildman–Crippen MR) is 72.7 cm³/mol. The second kappa shape index (κ2) is 7.97. The normalized spacial score (nSPS) is 22.8. The standard InChI is InChI=1S/C15H24O4/c1-11(2)15(18)19-10-4-3-5-12-6-8-13(9-7-12)14(16)17/h12-13H,1,3-10H2,2H3,(H,16,17). The Kier molecular flexibility index (Phi) is 6.60. The van der Waals surface area contributed by atoms with Crippen LogP contribution in [0.1, 0.15) is 51.9 Å². The average Bonchev–Trinajstić information content (AvgIpc) is 2.38. The molecular weight excluding hydrogens is 244 g/mol. The number of rotatable bonds is 7. The molecule has 0 aromatic heterocycles. The van der Waals surface area contributed by atoms with Gasteiger partial charge in [0.05, 0.1) is 12.5 Å². The van der Waals surface area contributed by atoms with Gasteiger partial charge in [-0.2, -0.15) is 0 Å². The third kappa shape index (κ3) is 5.90. The molecule has 19 heavy (non-hydrogen) atoms. The predicted octanol–water partition coefficient (Wildman–Crippen LogP) is 3.17. The largest absolute Gasteiger partial charge is 0.481 e. The van der Waals surface area contributed by atoms with E-state index in [9.17, 15) is 9.59 Å². The smallest absolute Gasteiger partial charge is 0.333 e. The number of carboxylic acids is 1. The van der Waals surface area contributed by atoms with Gasteiger partial charge in [-0.25, -0.2) is 4.79 Å². The molecule has 1 aliphatic carbocycles. The quantitative estimate of drug-likeness (QED) is 0.437. The third-order valence-electron chi connectivity index (χ3n) is 3.78. The maximum atomic E-state index is 11.1. The molecule has 0 aromatic carbocycles. The zero-order chi connectivity index (χ0) is 14.3. The minimum Gasteiger partial charge on any atom is -0.481 e. The van der Waals surface area contributed by atoms with Crippen LogP contribution in [0, 0.1) is 11.8 Å². The van der Waals surface area contributed by atoms with Crippen LogP contribution in [0.3, 0.4) is 0 Å². The van der Waals surface area contributed by atoms with Crippen LogP contribution in [0.4, 0.5) is 0 Å². The van der Waals surface area contributed by atoms with Gasteiger partial charge >= 0.3 is 11.9 Å². The molecule has 0 saturated heterocycles. The molecule has 1 saturated carbocycles. The molecule has 0 amide bonds. The van der Waals surface area contributed by atoms with E-state index in [1.54, 1.807) is 6.92 Å². The summed E-state index contributed by atoms with van der Waals surface area (Å²) in [7, 11) is 0. The number of hydrogen-bond acceptors (Lipinski definition) is 3. The zero-order valence-corrected chi connectivity index (χ0v) is 11.7. The van der Waals surface area contributed by atoms with E-state index in [1.807, 2.05) is 0 Å². The Bertz CT molecular complexity index is 327. The molecule has 0 bridgehead atoms. The molecule has 0 heterocycles. The molecule has 0 spiro atoms. The van der Waals surface area contributed by atoms with Gasteiger partial charge in [0.1, 0.15) is 0 Å². The minimum atomic E-state index is -0.648. The monoisotopic (exact) mass is 268 g/mol. The molecular formula is C15H24O4. The van der Waals surface area contributed by atoms with Gasteiger partial charge in [-0.05, 0) is 51.4 Å². The van der Waals surface area contributed by atoms with Crippen LogP contribution in [-0.4, -0.2) is 23.7 Å². The van der Waals surface area contributed by atoms with Crippen LogP contribution < -0.4 is 0 Å². The van der Waals surface area contributed by atoms with E-state index in [2.05, 4.69) is 6.58 Å². The maximum Gasteiger partial charge on any atom is 0.333 e. The van der Waals surface area contributed by atoms with E-state index in [1.165, 1.54) is 0 Å². The number of carboxylic acid groups (broad SMARTS) is 1. The van der Waals surface area contributed by atoms with Gasteiger partial charge in [-0.3, -0.25) is 4.79 Å². The van der Waals surface area contributed by atoms with Crippen molar-refractivity contribution in [1.29, 1.82) is 0 Å². The van der Waals surface area contributed by atoms with Crippen molar-refractivity contribution in [3.05, 3.63) is 12.2 Å². The lowest BCUT2D eigenvalue weighted by Crippen LogP contribution is -2.21. The molecule has 0 radical (unpaired) electrons. The number of ether oxygens (including phenoxy) is 1. The fourth-order valence-electron chi connectivity index (χ4n) is 2.52. The summed E-state index contributed by atoms with van der Waals surface area (Å²) in [5.41, 5.74) is 0.437. The number of esters is 1. The van der Waals surface area contributed by atoms with Crippen LogP contribution in [0.25, 0.3) is 0 Å². The highest BCUT2D eigenvalue weighted by atomic mass is 16.5. The number of aliphatic carboxylic acids is 1. The van der Waals surface area contributed by atoms with Crippen LogP contribution >= 0.6 is 0 Å². The number of unbranched alkanes of at least 4 members (excludes halogenated alkanes) is 1. The van der Waals surface area contributed by atoms with Crippen LogP contribution in [-0.2, 0) is 14.3 Å². The second-order valence-electron chi connectivity index (χ2n) is 5.47. The topological polar surface area (TPSA) is 63.6 Å². The van der Waals surface area contributed by atoms with Crippen molar-refractivity contribution in [2.45, 2.75) is 51.9 Å². The van der Waals surface area contributed by atoms with E-state index < -0.39 is 5.97 Å². The molecule has 1 N–H and O–H groups in total. The first-order valence-corrected chi connectivity index (χ1v) is 7.06. The van der Waals surface area contributed by atoms with Gasteiger partial charge in [0.2, 0.25) is 0 Å². The molecule has 4 heteroatoms. The zero-order valence-electron chi connectivity index (χ0n) is 11.7. The van der Waals surface area contributed by atoms with Crippen molar-refractivity contribution in [1.82, 2.24) is 0 Å². The number of carbonyl (C=O) groups excluding carboxylic acids is 1. The van der Waals surface area contributed by atoms with Gasteiger partial charge in [0, 0.05) is 5.57 Å². The van der Waals surface area contributed by atoms with Gasteiger partial charge in [0.25, 0.3) is 0 Å². The fourth-order valence-corrected chi connectivity index (χ4v) is 2.52. The van der Waals surface area contributed by atoms with Crippen molar-refractivity contribution in [3.63, 3.8) is 0 Å². The van der Waals surface area contributed by atoms with Crippen molar-refractivity contribution in [3.8, 4) is 0 Å². The summed E-state index contributed by atoms with van der Waals surface area (Å²) in [5.74, 6) is -0.452. The lowest BCUT2D eigenvalue weighted by Gasteiger charge is -2.25. The van der Waals surface area contributed by atoms with Crippen molar-refractivity contribution < 1.29 is 19.4 Å². The molecule has 0 atom stereocenters. The van der Waals surface area contributed by atoms with Gasteiger partial charge in [-0.1, -0.05) is 13.0 Å². The summed E-state index contributed by atoms with van der Waals surface area (Å²) in [4.78, 5) is 22.0. The number of carbonyl (C=O) groups is 2. The van der Waals surface area contributed by atoms with E-state index >= 15 is 0 Å². The molecule has 0 aromatic rings. The lowest BCUT2D eigenvalue weighted by atomic mass is 9.80. The van der Waals surface area contributed by atoms with Gasteiger partial charge in [-0.15, -0.1) is 0 Å². The van der Waals surface area contributed by atoms with Crippen LogP contribution in [0.5, 0.6) is 0 Å². The highest BCUT2D eigenvalue weighted by Gasteiger charge is 2.25. The van der Waals surface area contributed by atoms with E-state index in [0.717, 1.165) is 44.9 Å². The highest BCUT2D eigenvalue weighted by molar-refractivity contribution is 5.86. The Morgan fingerprint density at radius 1 is 1.21 bits per heavy atom. The van der Waals surface area contributed by atoms with Crippen LogP contribution in [0.2, 0.25) is 0 Å². The third-order valence-corrected chi connectivity index (χ3v) is 3.78. The summed E-state index contributed by atoms with van der Waals surface area (Å²) in [6.45, 7) is 5.62. The second-order valence-corrected chi connectivity index (χ2v) is 5.47. The Morgan fingerprint density at radius 2 is 1.84 bits per heavy atom.